The minimum Gasteiger partial charge on any atom is -0.465 e. The Bertz CT molecular complexity index is 1010. The van der Waals surface area contributed by atoms with Gasteiger partial charge >= 0.3 is 7.12 Å². The van der Waals surface area contributed by atoms with Gasteiger partial charge in [0.25, 0.3) is 0 Å². The second-order valence-electron chi connectivity index (χ2n) is 12.0. The van der Waals surface area contributed by atoms with E-state index in [0.717, 1.165) is 55.5 Å². The molecule has 0 radical (unpaired) electrons. The molecule has 2 aliphatic heterocycles. The first-order valence-corrected chi connectivity index (χ1v) is 16.5. The van der Waals surface area contributed by atoms with E-state index in [1.54, 1.807) is 0 Å². The summed E-state index contributed by atoms with van der Waals surface area (Å²) in [6.07, 6.45) is 9.83. The Kier molecular flexibility index (Phi) is 14.4. The first-order valence-electron chi connectivity index (χ1n) is 16.5. The molecule has 0 amide bonds. The maximum atomic E-state index is 6.74. The third-order valence-electron chi connectivity index (χ3n) is 8.16. The number of rotatable bonds is 10. The number of hydrogen-bond acceptors (Lipinski definition) is 4. The monoisotopic (exact) mass is 566 g/mol. The molecule has 0 saturated carbocycles. The van der Waals surface area contributed by atoms with Crippen LogP contribution in [0.25, 0.3) is 11.1 Å². The molecule has 0 bridgehead atoms. The van der Waals surface area contributed by atoms with Crippen LogP contribution in [-0.2, 0) is 26.9 Å². The molecule has 0 N–H and O–H groups in total. The van der Waals surface area contributed by atoms with Gasteiger partial charge in [0.2, 0.25) is 0 Å². The highest BCUT2D eigenvalue weighted by molar-refractivity contribution is 6.63. The summed E-state index contributed by atoms with van der Waals surface area (Å²) in [6, 6.07) is 11.6. The van der Waals surface area contributed by atoms with Crippen molar-refractivity contribution in [2.75, 3.05) is 6.61 Å². The lowest BCUT2D eigenvalue weighted by atomic mass is 9.75. The predicted molar refractivity (Wildman–Crippen MR) is 176 cm³/mol. The fraction of sp³-hybridized carbons (Fsp3) is 0.667. The van der Waals surface area contributed by atoms with Gasteiger partial charge in [0, 0.05) is 17.4 Å². The fourth-order valence-electron chi connectivity index (χ4n) is 5.20. The van der Waals surface area contributed by atoms with Crippen LogP contribution >= 0.6 is 0 Å². The van der Waals surface area contributed by atoms with Crippen molar-refractivity contribution in [1.29, 1.82) is 0 Å². The van der Waals surface area contributed by atoms with E-state index in [9.17, 15) is 0 Å². The van der Waals surface area contributed by atoms with Crippen molar-refractivity contribution in [3.8, 4) is 16.9 Å². The standard InChI is InChI=1S/C32H47BO4.2C2H6/c1-8-10-14-24-20-25(15-11-9-2)22-26(21-24)27-18-23(3)19-28(30(27)35-29-16-12-13-17-34-29)33-36-31(4,5)32(6,7)37-33;2*1-2/h18-22,29H,8-17H2,1-7H3;2*1-2H3. The Balaban J connectivity index is 0.00000141. The minimum absolute atomic E-state index is 0.251. The molecule has 230 valence electrons. The highest BCUT2D eigenvalue weighted by Gasteiger charge is 2.52. The second kappa shape index (κ2) is 16.7. The maximum absolute atomic E-state index is 6.74. The van der Waals surface area contributed by atoms with E-state index in [1.807, 2.05) is 27.7 Å². The van der Waals surface area contributed by atoms with Gasteiger partial charge in [0.1, 0.15) is 5.75 Å². The first-order chi connectivity index (χ1) is 19.6. The number of benzene rings is 2. The van der Waals surface area contributed by atoms with Crippen LogP contribution in [0.3, 0.4) is 0 Å². The zero-order valence-corrected chi connectivity index (χ0v) is 28.2. The molecular weight excluding hydrogens is 507 g/mol. The van der Waals surface area contributed by atoms with Crippen molar-refractivity contribution < 1.29 is 18.8 Å². The van der Waals surface area contributed by atoms with Gasteiger partial charge in [-0.3, -0.25) is 0 Å². The van der Waals surface area contributed by atoms with Gasteiger partial charge in [0.15, 0.2) is 6.29 Å². The Morgan fingerprint density at radius 1 is 0.805 bits per heavy atom. The van der Waals surface area contributed by atoms with Crippen molar-refractivity contribution >= 4 is 12.6 Å². The normalized spacial score (nSPS) is 19.1. The molecule has 1 atom stereocenters. The highest BCUT2D eigenvalue weighted by Crippen LogP contribution is 2.40. The number of ether oxygens (including phenoxy) is 2. The summed E-state index contributed by atoms with van der Waals surface area (Å²) in [6.45, 7) is 23.8. The average Bonchev–Trinajstić information content (AvgIpc) is 3.20. The van der Waals surface area contributed by atoms with Crippen LogP contribution in [0.5, 0.6) is 5.75 Å². The van der Waals surface area contributed by atoms with Crippen molar-refractivity contribution in [2.45, 2.75) is 151 Å². The van der Waals surface area contributed by atoms with Gasteiger partial charge in [-0.1, -0.05) is 84.2 Å². The van der Waals surface area contributed by atoms with Crippen molar-refractivity contribution in [3.63, 3.8) is 0 Å². The van der Waals surface area contributed by atoms with Gasteiger partial charge in [0.05, 0.1) is 17.8 Å². The molecule has 0 spiro atoms. The van der Waals surface area contributed by atoms with E-state index in [0.29, 0.717) is 0 Å². The molecule has 2 aromatic rings. The van der Waals surface area contributed by atoms with Crippen molar-refractivity contribution in [3.05, 3.63) is 47.0 Å². The Hall–Kier alpha value is -1.82. The molecule has 0 aromatic heterocycles. The molecule has 4 nitrogen and oxygen atoms in total. The molecule has 2 aliphatic rings. The lowest BCUT2D eigenvalue weighted by molar-refractivity contribution is -0.105. The fourth-order valence-corrected chi connectivity index (χ4v) is 5.20. The van der Waals surface area contributed by atoms with E-state index in [4.69, 9.17) is 18.8 Å². The van der Waals surface area contributed by atoms with Crippen LogP contribution in [0.15, 0.2) is 30.3 Å². The van der Waals surface area contributed by atoms with Crippen molar-refractivity contribution in [2.24, 2.45) is 0 Å². The summed E-state index contributed by atoms with van der Waals surface area (Å²) < 4.78 is 25.9. The molecular formula is C36H59BO4. The Morgan fingerprint density at radius 3 is 1.85 bits per heavy atom. The molecule has 4 rings (SSSR count). The molecule has 0 aliphatic carbocycles. The molecule has 2 heterocycles. The predicted octanol–water partition coefficient (Wildman–Crippen LogP) is 9.60. The van der Waals surface area contributed by atoms with Gasteiger partial charge in [-0.2, -0.15) is 0 Å². The van der Waals surface area contributed by atoms with E-state index in [-0.39, 0.29) is 6.29 Å². The zero-order chi connectivity index (χ0) is 30.6. The van der Waals surface area contributed by atoms with Crippen molar-refractivity contribution in [1.82, 2.24) is 0 Å². The molecule has 2 fully saturated rings. The average molecular weight is 567 g/mol. The van der Waals surface area contributed by atoms with Crippen LogP contribution < -0.4 is 10.2 Å². The van der Waals surface area contributed by atoms with E-state index in [2.05, 4.69) is 78.8 Å². The van der Waals surface area contributed by atoms with Crippen LogP contribution in [0.2, 0.25) is 0 Å². The molecule has 2 saturated heterocycles. The Labute approximate surface area is 253 Å². The second-order valence-corrected chi connectivity index (χ2v) is 12.0. The largest absolute Gasteiger partial charge is 0.498 e. The number of unbranched alkanes of at least 4 members (excludes halogenated alkanes) is 2. The maximum Gasteiger partial charge on any atom is 0.498 e. The summed E-state index contributed by atoms with van der Waals surface area (Å²) in [5, 5.41) is 0. The van der Waals surface area contributed by atoms with E-state index < -0.39 is 18.3 Å². The van der Waals surface area contributed by atoms with Crippen LogP contribution in [0.1, 0.15) is 131 Å². The van der Waals surface area contributed by atoms with Gasteiger partial charge in [-0.25, -0.2) is 0 Å². The minimum atomic E-state index is -0.495. The van der Waals surface area contributed by atoms with Crippen LogP contribution in [-0.4, -0.2) is 31.2 Å². The van der Waals surface area contributed by atoms with E-state index in [1.165, 1.54) is 47.9 Å². The quantitative estimate of drug-likeness (QED) is 0.268. The third-order valence-corrected chi connectivity index (χ3v) is 8.16. The summed E-state index contributed by atoms with van der Waals surface area (Å²) in [7, 11) is -0.495. The molecule has 5 heteroatoms. The zero-order valence-electron chi connectivity index (χ0n) is 28.2. The van der Waals surface area contributed by atoms with Crippen LogP contribution in [0, 0.1) is 6.92 Å². The lowest BCUT2D eigenvalue weighted by Gasteiger charge is -2.32. The van der Waals surface area contributed by atoms with Gasteiger partial charge < -0.3 is 18.8 Å². The highest BCUT2D eigenvalue weighted by atomic mass is 16.7. The molecule has 41 heavy (non-hydrogen) atoms. The third kappa shape index (κ3) is 9.33. The summed E-state index contributed by atoms with van der Waals surface area (Å²) in [5.74, 6) is 0.838. The SMILES string of the molecule is CC.CC.CCCCc1cc(CCCC)cc(-c2cc(C)cc(B3OC(C)(C)C(C)(C)O3)c2OC2CCCCO2)c1. The summed E-state index contributed by atoms with van der Waals surface area (Å²) >= 11 is 0. The molecule has 2 aromatic carbocycles. The summed E-state index contributed by atoms with van der Waals surface area (Å²) in [5.41, 5.74) is 6.42. The van der Waals surface area contributed by atoms with Crippen LogP contribution in [0.4, 0.5) is 0 Å². The number of hydrogen-bond donors (Lipinski definition) is 0. The van der Waals surface area contributed by atoms with E-state index >= 15 is 0 Å². The first kappa shape index (κ1) is 35.4. The number of aryl methyl sites for hydroxylation is 3. The van der Waals surface area contributed by atoms with Gasteiger partial charge in [-0.15, -0.1) is 0 Å². The lowest BCUT2D eigenvalue weighted by Crippen LogP contribution is -2.41. The topological polar surface area (TPSA) is 36.9 Å². The smallest absolute Gasteiger partial charge is 0.465 e. The summed E-state index contributed by atoms with van der Waals surface area (Å²) in [4.78, 5) is 0. The van der Waals surface area contributed by atoms with Gasteiger partial charge in [-0.05, 0) is 95.9 Å². The Morgan fingerprint density at radius 2 is 1.37 bits per heavy atom. The molecule has 1 unspecified atom stereocenters.